The van der Waals surface area contributed by atoms with Crippen LogP contribution in [0.2, 0.25) is 0 Å². The summed E-state index contributed by atoms with van der Waals surface area (Å²) in [5, 5.41) is 24.4. The molecule has 0 aliphatic rings. The average molecular weight is 272 g/mol. The number of carboxylic acid groups (broad SMARTS) is 1. The van der Waals surface area contributed by atoms with Crippen molar-refractivity contribution in [2.45, 2.75) is 0 Å². The highest BCUT2D eigenvalue weighted by molar-refractivity contribution is 5.97. The van der Waals surface area contributed by atoms with Gasteiger partial charge in [-0.3, -0.25) is 10.1 Å². The first-order valence-corrected chi connectivity index (χ1v) is 5.62. The second-order valence-corrected chi connectivity index (χ2v) is 4.09. The molecule has 100 valence electrons. The maximum Gasteiger partial charge on any atom is 0.432 e. The van der Waals surface area contributed by atoms with Crippen LogP contribution in [0, 0.1) is 10.1 Å². The summed E-state index contributed by atoms with van der Waals surface area (Å²) in [6, 6.07) is 7.39. The molecule has 0 aliphatic heterocycles. The van der Waals surface area contributed by atoms with Gasteiger partial charge in [0.05, 0.1) is 16.1 Å². The van der Waals surface area contributed by atoms with E-state index in [1.165, 1.54) is 18.2 Å². The van der Waals surface area contributed by atoms with Crippen molar-refractivity contribution in [1.82, 2.24) is 14.8 Å². The number of H-pyrrole nitrogens is 1. The summed E-state index contributed by atoms with van der Waals surface area (Å²) < 4.78 is 0.801. The SMILES string of the molecule is O=C(O)n1nc(-c2ccc[nH]2)c2cc([N+](=O)[O-])ccc21. The van der Waals surface area contributed by atoms with Crippen LogP contribution < -0.4 is 0 Å². The Morgan fingerprint density at radius 1 is 1.40 bits per heavy atom. The molecule has 8 heteroatoms. The molecular weight excluding hydrogens is 264 g/mol. The Hall–Kier alpha value is -3.16. The van der Waals surface area contributed by atoms with Gasteiger partial charge in [0, 0.05) is 23.7 Å². The zero-order chi connectivity index (χ0) is 14.3. The number of benzene rings is 1. The summed E-state index contributed by atoms with van der Waals surface area (Å²) in [5.74, 6) is 0. The normalized spacial score (nSPS) is 10.8. The van der Waals surface area contributed by atoms with E-state index in [9.17, 15) is 14.9 Å². The number of hydrogen-bond acceptors (Lipinski definition) is 4. The van der Waals surface area contributed by atoms with Gasteiger partial charge in [-0.2, -0.15) is 9.78 Å². The Balaban J connectivity index is 2.35. The summed E-state index contributed by atoms with van der Waals surface area (Å²) in [7, 11) is 0. The van der Waals surface area contributed by atoms with Crippen LogP contribution in [-0.4, -0.2) is 30.9 Å². The molecule has 0 atom stereocenters. The van der Waals surface area contributed by atoms with Gasteiger partial charge in [0.1, 0.15) is 5.69 Å². The molecule has 0 saturated heterocycles. The average Bonchev–Trinajstić information content (AvgIpc) is 3.04. The zero-order valence-corrected chi connectivity index (χ0v) is 9.98. The molecule has 3 rings (SSSR count). The van der Waals surface area contributed by atoms with E-state index in [1.54, 1.807) is 18.3 Å². The Kier molecular flexibility index (Phi) is 2.50. The van der Waals surface area contributed by atoms with Crippen LogP contribution in [-0.2, 0) is 0 Å². The van der Waals surface area contributed by atoms with E-state index < -0.39 is 11.0 Å². The number of carbonyl (C=O) groups is 1. The minimum atomic E-state index is -1.25. The molecule has 1 aromatic carbocycles. The number of rotatable bonds is 2. The van der Waals surface area contributed by atoms with Crippen LogP contribution in [0.3, 0.4) is 0 Å². The smallest absolute Gasteiger partial charge is 0.432 e. The summed E-state index contributed by atoms with van der Waals surface area (Å²) in [6.45, 7) is 0. The number of nitro groups is 1. The molecule has 2 N–H and O–H groups in total. The molecule has 3 aromatic rings. The Morgan fingerprint density at radius 2 is 2.20 bits per heavy atom. The second-order valence-electron chi connectivity index (χ2n) is 4.09. The van der Waals surface area contributed by atoms with Gasteiger partial charge in [-0.15, -0.1) is 0 Å². The standard InChI is InChI=1S/C12H8N4O4/c17-12(18)15-10-4-3-7(16(19)20)6-8(10)11(14-15)9-2-1-5-13-9/h1-6,13H,(H,17,18). The third-order valence-corrected chi connectivity index (χ3v) is 2.91. The van der Waals surface area contributed by atoms with Crippen molar-refractivity contribution in [3.8, 4) is 11.4 Å². The van der Waals surface area contributed by atoms with Crippen molar-refractivity contribution >= 4 is 22.7 Å². The predicted molar refractivity (Wildman–Crippen MR) is 69.6 cm³/mol. The number of hydrogen-bond donors (Lipinski definition) is 2. The zero-order valence-electron chi connectivity index (χ0n) is 9.98. The van der Waals surface area contributed by atoms with E-state index in [0.29, 0.717) is 22.3 Å². The van der Waals surface area contributed by atoms with E-state index in [0.717, 1.165) is 4.68 Å². The van der Waals surface area contributed by atoms with Gasteiger partial charge in [0.15, 0.2) is 0 Å². The van der Waals surface area contributed by atoms with E-state index in [4.69, 9.17) is 5.11 Å². The van der Waals surface area contributed by atoms with Crippen LogP contribution in [0.4, 0.5) is 10.5 Å². The highest BCUT2D eigenvalue weighted by atomic mass is 16.6. The van der Waals surface area contributed by atoms with Gasteiger partial charge in [0.25, 0.3) is 5.69 Å². The molecule has 0 saturated carbocycles. The molecule has 0 radical (unpaired) electrons. The van der Waals surface area contributed by atoms with Crippen LogP contribution in [0.15, 0.2) is 36.5 Å². The van der Waals surface area contributed by atoms with E-state index in [1.807, 2.05) is 0 Å². The lowest BCUT2D eigenvalue weighted by molar-refractivity contribution is -0.384. The Bertz CT molecular complexity index is 819. The van der Waals surface area contributed by atoms with Crippen molar-refractivity contribution in [2.75, 3.05) is 0 Å². The summed E-state index contributed by atoms with van der Waals surface area (Å²) in [6.07, 6.45) is 0.417. The second kappa shape index (κ2) is 4.19. The van der Waals surface area contributed by atoms with Crippen LogP contribution in [0.5, 0.6) is 0 Å². The van der Waals surface area contributed by atoms with E-state index >= 15 is 0 Å². The number of non-ortho nitro benzene ring substituents is 1. The van der Waals surface area contributed by atoms with Gasteiger partial charge in [0.2, 0.25) is 0 Å². The summed E-state index contributed by atoms with van der Waals surface area (Å²) in [4.78, 5) is 24.4. The minimum absolute atomic E-state index is 0.116. The number of aromatic amines is 1. The molecule has 0 bridgehead atoms. The van der Waals surface area contributed by atoms with Crippen molar-refractivity contribution in [3.63, 3.8) is 0 Å². The topological polar surface area (TPSA) is 114 Å². The maximum absolute atomic E-state index is 11.2. The summed E-state index contributed by atoms with van der Waals surface area (Å²) >= 11 is 0. The third kappa shape index (κ3) is 1.70. The predicted octanol–water partition coefficient (Wildman–Crippen LogP) is 2.47. The van der Waals surface area contributed by atoms with Crippen molar-refractivity contribution in [1.29, 1.82) is 0 Å². The first-order chi connectivity index (χ1) is 9.58. The first kappa shape index (κ1) is 11.9. The van der Waals surface area contributed by atoms with Crippen molar-refractivity contribution < 1.29 is 14.8 Å². The maximum atomic E-state index is 11.2. The number of aromatic nitrogens is 3. The molecule has 0 unspecified atom stereocenters. The van der Waals surface area contributed by atoms with Gasteiger partial charge >= 0.3 is 6.09 Å². The fraction of sp³-hybridized carbons (Fsp3) is 0. The lowest BCUT2D eigenvalue weighted by Gasteiger charge is -1.95. The van der Waals surface area contributed by atoms with Crippen LogP contribution >= 0.6 is 0 Å². The number of nitrogens with zero attached hydrogens (tertiary/aromatic N) is 3. The van der Waals surface area contributed by atoms with Gasteiger partial charge < -0.3 is 10.1 Å². The van der Waals surface area contributed by atoms with Crippen molar-refractivity contribution in [3.05, 3.63) is 46.6 Å². The molecule has 20 heavy (non-hydrogen) atoms. The Labute approximate surface area is 111 Å². The molecule has 8 nitrogen and oxygen atoms in total. The lowest BCUT2D eigenvalue weighted by Crippen LogP contribution is -2.09. The highest BCUT2D eigenvalue weighted by Gasteiger charge is 2.19. The molecule has 0 spiro atoms. The van der Waals surface area contributed by atoms with Crippen LogP contribution in [0.25, 0.3) is 22.3 Å². The monoisotopic (exact) mass is 272 g/mol. The largest absolute Gasteiger partial charge is 0.463 e. The first-order valence-electron chi connectivity index (χ1n) is 5.62. The number of nitrogens with one attached hydrogen (secondary N) is 1. The molecule has 0 amide bonds. The number of nitro benzene ring substituents is 1. The minimum Gasteiger partial charge on any atom is -0.463 e. The van der Waals surface area contributed by atoms with Crippen molar-refractivity contribution in [2.24, 2.45) is 0 Å². The van der Waals surface area contributed by atoms with Gasteiger partial charge in [-0.05, 0) is 18.2 Å². The summed E-state index contributed by atoms with van der Waals surface area (Å²) in [5.41, 5.74) is 1.13. The van der Waals surface area contributed by atoms with Gasteiger partial charge in [-0.1, -0.05) is 0 Å². The quantitative estimate of drug-likeness (QED) is 0.549. The van der Waals surface area contributed by atoms with E-state index in [-0.39, 0.29) is 5.69 Å². The molecule has 2 aromatic heterocycles. The van der Waals surface area contributed by atoms with Gasteiger partial charge in [-0.25, -0.2) is 4.79 Å². The molecule has 0 aliphatic carbocycles. The lowest BCUT2D eigenvalue weighted by atomic mass is 10.1. The van der Waals surface area contributed by atoms with E-state index in [2.05, 4.69) is 10.1 Å². The highest BCUT2D eigenvalue weighted by Crippen LogP contribution is 2.29. The molecular formula is C12H8N4O4. The fourth-order valence-electron chi connectivity index (χ4n) is 2.04. The third-order valence-electron chi connectivity index (χ3n) is 2.91. The number of fused-ring (bicyclic) bond motifs is 1. The van der Waals surface area contributed by atoms with Crippen LogP contribution in [0.1, 0.15) is 0 Å². The fourth-order valence-corrected chi connectivity index (χ4v) is 2.04. The molecule has 2 heterocycles. The Morgan fingerprint density at radius 3 is 2.80 bits per heavy atom. The molecule has 0 fully saturated rings.